The lowest BCUT2D eigenvalue weighted by atomic mass is 9.75. The average Bonchev–Trinajstić information content (AvgIpc) is 2.31. The Kier molecular flexibility index (Phi) is 3.40. The van der Waals surface area contributed by atoms with Crippen molar-refractivity contribution >= 4 is 17.6 Å². The van der Waals surface area contributed by atoms with Crippen LogP contribution in [0.1, 0.15) is 37.2 Å². The Morgan fingerprint density at radius 3 is 2.29 bits per heavy atom. The van der Waals surface area contributed by atoms with Crippen LogP contribution in [-0.2, 0) is 4.79 Å². The number of halogens is 1. The highest BCUT2D eigenvalue weighted by Crippen LogP contribution is 2.37. The molecule has 0 atom stereocenters. The molecule has 3 N–H and O–H groups in total. The maximum atomic E-state index is 11.0. The number of aliphatic carboxylic acids is 1. The van der Waals surface area contributed by atoms with Gasteiger partial charge >= 0.3 is 5.97 Å². The van der Waals surface area contributed by atoms with Crippen LogP contribution in [0.15, 0.2) is 24.3 Å². The van der Waals surface area contributed by atoms with E-state index in [9.17, 15) is 4.79 Å². The van der Waals surface area contributed by atoms with Crippen molar-refractivity contribution < 1.29 is 9.90 Å². The van der Waals surface area contributed by atoms with Gasteiger partial charge in [0.05, 0.1) is 0 Å². The summed E-state index contributed by atoms with van der Waals surface area (Å²) >= 11 is 5.84. The van der Waals surface area contributed by atoms with E-state index in [4.69, 9.17) is 22.4 Å². The fraction of sp³-hybridized carbons (Fsp3) is 0.462. The van der Waals surface area contributed by atoms with Crippen molar-refractivity contribution in [1.82, 2.24) is 0 Å². The minimum Gasteiger partial charge on any atom is -0.480 e. The van der Waals surface area contributed by atoms with Crippen LogP contribution < -0.4 is 5.73 Å². The Balaban J connectivity index is 2.04. The molecular weight excluding hydrogens is 238 g/mol. The number of carboxylic acid groups (broad SMARTS) is 1. The number of benzene rings is 1. The fourth-order valence-electron chi connectivity index (χ4n) is 2.42. The molecule has 1 aromatic rings. The lowest BCUT2D eigenvalue weighted by Gasteiger charge is -2.33. The van der Waals surface area contributed by atoms with Gasteiger partial charge in [0.15, 0.2) is 0 Å². The molecule has 0 radical (unpaired) electrons. The van der Waals surface area contributed by atoms with Crippen LogP contribution in [0, 0.1) is 0 Å². The number of carbonyl (C=O) groups is 1. The van der Waals surface area contributed by atoms with E-state index in [1.165, 1.54) is 5.56 Å². The molecule has 3 nitrogen and oxygen atoms in total. The largest absolute Gasteiger partial charge is 0.480 e. The topological polar surface area (TPSA) is 63.3 Å². The second kappa shape index (κ2) is 4.67. The van der Waals surface area contributed by atoms with E-state index in [0.29, 0.717) is 18.8 Å². The highest BCUT2D eigenvalue weighted by Gasteiger charge is 2.38. The molecule has 1 aliphatic carbocycles. The van der Waals surface area contributed by atoms with E-state index in [1.807, 2.05) is 24.3 Å². The Labute approximate surface area is 106 Å². The molecule has 1 fully saturated rings. The molecule has 0 heterocycles. The van der Waals surface area contributed by atoms with Gasteiger partial charge in [-0.25, -0.2) is 0 Å². The van der Waals surface area contributed by atoms with Gasteiger partial charge in [-0.1, -0.05) is 23.7 Å². The highest BCUT2D eigenvalue weighted by atomic mass is 35.5. The van der Waals surface area contributed by atoms with E-state index in [2.05, 4.69) is 0 Å². The minimum atomic E-state index is -1.02. The van der Waals surface area contributed by atoms with Crippen LogP contribution in [0.3, 0.4) is 0 Å². The molecule has 17 heavy (non-hydrogen) atoms. The van der Waals surface area contributed by atoms with Gasteiger partial charge in [-0.3, -0.25) is 4.79 Å². The molecule has 1 aromatic carbocycles. The molecule has 0 aliphatic heterocycles. The Morgan fingerprint density at radius 2 is 1.82 bits per heavy atom. The third-order valence-corrected chi connectivity index (χ3v) is 3.90. The molecule has 0 unspecified atom stereocenters. The lowest BCUT2D eigenvalue weighted by molar-refractivity contribution is -0.144. The summed E-state index contributed by atoms with van der Waals surface area (Å²) in [7, 11) is 0. The quantitative estimate of drug-likeness (QED) is 0.852. The first-order valence-corrected chi connectivity index (χ1v) is 6.17. The first-order valence-electron chi connectivity index (χ1n) is 5.79. The summed E-state index contributed by atoms with van der Waals surface area (Å²) < 4.78 is 0. The molecule has 92 valence electrons. The van der Waals surface area contributed by atoms with Crippen LogP contribution in [0.2, 0.25) is 5.02 Å². The standard InChI is InChI=1S/C13H16ClNO2/c14-11-3-1-9(2-4-11)10-5-7-13(15,8-6-10)12(16)17/h1-4,10H,5-8,15H2,(H,16,17). The third-order valence-electron chi connectivity index (χ3n) is 3.65. The van der Waals surface area contributed by atoms with Crippen molar-refractivity contribution in [2.24, 2.45) is 5.73 Å². The summed E-state index contributed by atoms with van der Waals surface area (Å²) in [5.74, 6) is -0.477. The van der Waals surface area contributed by atoms with E-state index < -0.39 is 11.5 Å². The Hall–Kier alpha value is -1.06. The smallest absolute Gasteiger partial charge is 0.323 e. The van der Waals surface area contributed by atoms with Gasteiger partial charge in [-0.15, -0.1) is 0 Å². The minimum absolute atomic E-state index is 0.406. The van der Waals surface area contributed by atoms with Gasteiger partial charge in [-0.05, 0) is 49.3 Å². The number of carboxylic acids is 1. The van der Waals surface area contributed by atoms with Crippen molar-refractivity contribution in [3.63, 3.8) is 0 Å². The van der Waals surface area contributed by atoms with Gasteiger partial charge in [0.1, 0.15) is 5.54 Å². The predicted octanol–water partition coefficient (Wildman–Crippen LogP) is 2.78. The van der Waals surface area contributed by atoms with Gasteiger partial charge in [0, 0.05) is 5.02 Å². The molecule has 4 heteroatoms. The first kappa shape index (κ1) is 12.4. The molecular formula is C13H16ClNO2. The van der Waals surface area contributed by atoms with E-state index >= 15 is 0 Å². The van der Waals surface area contributed by atoms with E-state index in [-0.39, 0.29) is 0 Å². The fourth-order valence-corrected chi connectivity index (χ4v) is 2.54. The second-order valence-corrected chi connectivity index (χ2v) is 5.22. The molecule has 0 spiro atoms. The van der Waals surface area contributed by atoms with Gasteiger partial charge in [0.2, 0.25) is 0 Å². The zero-order valence-corrected chi connectivity index (χ0v) is 10.3. The van der Waals surface area contributed by atoms with E-state index in [1.54, 1.807) is 0 Å². The first-order chi connectivity index (χ1) is 8.01. The lowest BCUT2D eigenvalue weighted by Crippen LogP contribution is -2.50. The molecule has 2 rings (SSSR count). The van der Waals surface area contributed by atoms with Gasteiger partial charge < -0.3 is 10.8 Å². The number of hydrogen-bond donors (Lipinski definition) is 2. The van der Waals surface area contributed by atoms with Gasteiger partial charge in [-0.2, -0.15) is 0 Å². The summed E-state index contributed by atoms with van der Waals surface area (Å²) in [6.45, 7) is 0. The predicted molar refractivity (Wildman–Crippen MR) is 67.2 cm³/mol. The van der Waals surface area contributed by atoms with Crippen molar-refractivity contribution in [2.75, 3.05) is 0 Å². The number of nitrogens with two attached hydrogens (primary N) is 1. The summed E-state index contributed by atoms with van der Waals surface area (Å²) in [5, 5.41) is 9.77. The second-order valence-electron chi connectivity index (χ2n) is 4.79. The molecule has 1 aliphatic rings. The number of rotatable bonds is 2. The van der Waals surface area contributed by atoms with Crippen molar-refractivity contribution in [3.05, 3.63) is 34.9 Å². The average molecular weight is 254 g/mol. The Bertz CT molecular complexity index is 408. The summed E-state index contributed by atoms with van der Waals surface area (Å²) in [6.07, 6.45) is 2.72. The summed E-state index contributed by atoms with van der Waals surface area (Å²) in [6, 6.07) is 7.77. The van der Waals surface area contributed by atoms with Crippen LogP contribution in [-0.4, -0.2) is 16.6 Å². The van der Waals surface area contributed by atoms with Gasteiger partial charge in [0.25, 0.3) is 0 Å². The maximum absolute atomic E-state index is 11.0. The molecule has 0 bridgehead atoms. The summed E-state index contributed by atoms with van der Waals surface area (Å²) in [4.78, 5) is 11.0. The SMILES string of the molecule is NC1(C(=O)O)CCC(c2ccc(Cl)cc2)CC1. The highest BCUT2D eigenvalue weighted by molar-refractivity contribution is 6.30. The molecule has 1 saturated carbocycles. The van der Waals surface area contributed by atoms with Crippen LogP contribution in [0.25, 0.3) is 0 Å². The van der Waals surface area contributed by atoms with Crippen molar-refractivity contribution in [1.29, 1.82) is 0 Å². The number of hydrogen-bond acceptors (Lipinski definition) is 2. The van der Waals surface area contributed by atoms with Crippen LogP contribution in [0.4, 0.5) is 0 Å². The normalized spacial score (nSPS) is 28.9. The monoisotopic (exact) mass is 253 g/mol. The molecule has 0 amide bonds. The van der Waals surface area contributed by atoms with E-state index in [0.717, 1.165) is 17.9 Å². The van der Waals surface area contributed by atoms with Crippen molar-refractivity contribution in [3.8, 4) is 0 Å². The van der Waals surface area contributed by atoms with Crippen molar-refractivity contribution in [2.45, 2.75) is 37.1 Å². The third kappa shape index (κ3) is 2.61. The molecule has 0 saturated heterocycles. The molecule has 0 aromatic heterocycles. The Morgan fingerprint density at radius 1 is 1.29 bits per heavy atom. The zero-order chi connectivity index (χ0) is 12.5. The van der Waals surface area contributed by atoms with Crippen LogP contribution in [0.5, 0.6) is 0 Å². The maximum Gasteiger partial charge on any atom is 0.323 e. The zero-order valence-electron chi connectivity index (χ0n) is 9.53. The van der Waals surface area contributed by atoms with Crippen LogP contribution >= 0.6 is 11.6 Å². The summed E-state index contributed by atoms with van der Waals surface area (Å²) in [5.41, 5.74) is 6.04.